The van der Waals surface area contributed by atoms with Crippen molar-refractivity contribution in [3.63, 3.8) is 0 Å². The molecule has 1 atom stereocenters. The second kappa shape index (κ2) is 8.97. The molecular formula is C18H33BrN2. The third-order valence-electron chi connectivity index (χ3n) is 4.76. The van der Waals surface area contributed by atoms with Crippen molar-refractivity contribution in [1.82, 2.24) is 9.55 Å². The first-order valence-corrected chi connectivity index (χ1v) is 9.44. The van der Waals surface area contributed by atoms with E-state index in [1.807, 2.05) is 0 Å². The van der Waals surface area contributed by atoms with Gasteiger partial charge in [-0.1, -0.05) is 65.7 Å². The molecule has 0 bridgehead atoms. The third kappa shape index (κ3) is 5.12. The van der Waals surface area contributed by atoms with Gasteiger partial charge < -0.3 is 4.57 Å². The predicted octanol–water partition coefficient (Wildman–Crippen LogP) is 6.30. The zero-order valence-electron chi connectivity index (χ0n) is 14.6. The summed E-state index contributed by atoms with van der Waals surface area (Å²) in [5.41, 5.74) is 1.64. The summed E-state index contributed by atoms with van der Waals surface area (Å²) in [6.07, 6.45) is 11.8. The molecule has 0 aliphatic heterocycles. The highest BCUT2D eigenvalue weighted by Crippen LogP contribution is 2.39. The number of rotatable bonds is 10. The van der Waals surface area contributed by atoms with Gasteiger partial charge in [-0.2, -0.15) is 0 Å². The first-order chi connectivity index (χ1) is 9.96. The fourth-order valence-electron chi connectivity index (χ4n) is 3.29. The molecule has 1 aromatic rings. The maximum absolute atomic E-state index is 4.63. The summed E-state index contributed by atoms with van der Waals surface area (Å²) < 4.78 is 3.34. The number of hydrogen-bond acceptors (Lipinski definition) is 1. The van der Waals surface area contributed by atoms with E-state index in [1.54, 1.807) is 0 Å². The Bertz CT molecular complexity index is 425. The van der Waals surface area contributed by atoms with Crippen LogP contribution in [0.4, 0.5) is 0 Å². The second-order valence-electron chi connectivity index (χ2n) is 6.69. The Morgan fingerprint density at radius 1 is 1.00 bits per heavy atom. The van der Waals surface area contributed by atoms with E-state index in [1.165, 1.54) is 63.5 Å². The Hall–Kier alpha value is -0.310. The van der Waals surface area contributed by atoms with E-state index in [-0.39, 0.29) is 5.41 Å². The van der Waals surface area contributed by atoms with E-state index in [4.69, 9.17) is 0 Å². The van der Waals surface area contributed by atoms with Gasteiger partial charge in [0.05, 0.1) is 5.69 Å². The van der Waals surface area contributed by atoms with E-state index in [9.17, 15) is 0 Å². The number of aromatic nitrogens is 2. The van der Waals surface area contributed by atoms with Gasteiger partial charge in [0.2, 0.25) is 0 Å². The maximum atomic E-state index is 4.63. The molecule has 0 radical (unpaired) electrons. The largest absolute Gasteiger partial charge is 0.334 e. The second-order valence-corrected chi connectivity index (χ2v) is 7.44. The van der Waals surface area contributed by atoms with Crippen molar-refractivity contribution in [3.8, 4) is 0 Å². The maximum Gasteiger partial charge on any atom is 0.128 e. The van der Waals surface area contributed by atoms with Crippen LogP contribution in [0, 0.1) is 6.92 Å². The number of hydrogen-bond donors (Lipinski definition) is 0. The summed E-state index contributed by atoms with van der Waals surface area (Å²) in [4.78, 5) is 4.63. The van der Waals surface area contributed by atoms with Gasteiger partial charge in [0.15, 0.2) is 0 Å². The van der Waals surface area contributed by atoms with E-state index >= 15 is 0 Å². The van der Waals surface area contributed by atoms with Gasteiger partial charge in [0.1, 0.15) is 10.4 Å². The van der Waals surface area contributed by atoms with Crippen molar-refractivity contribution in [2.24, 2.45) is 7.05 Å². The number of halogens is 1. The molecule has 0 spiro atoms. The molecule has 1 heterocycles. The van der Waals surface area contributed by atoms with Crippen LogP contribution in [0.25, 0.3) is 0 Å². The first kappa shape index (κ1) is 18.7. The number of aryl methyl sites for hydroxylation is 1. The molecule has 0 N–H and O–H groups in total. The van der Waals surface area contributed by atoms with Crippen molar-refractivity contribution < 1.29 is 0 Å². The van der Waals surface area contributed by atoms with Gasteiger partial charge in [-0.05, 0) is 35.7 Å². The van der Waals surface area contributed by atoms with Gasteiger partial charge in [0, 0.05) is 12.5 Å². The van der Waals surface area contributed by atoms with Gasteiger partial charge in [-0.3, -0.25) is 0 Å². The molecule has 2 nitrogen and oxygen atoms in total. The van der Waals surface area contributed by atoms with Gasteiger partial charge >= 0.3 is 0 Å². The van der Waals surface area contributed by atoms with Crippen LogP contribution < -0.4 is 0 Å². The van der Waals surface area contributed by atoms with Gasteiger partial charge in [-0.25, -0.2) is 4.98 Å². The standard InChI is InChI=1S/C18H33BrN2/c1-6-8-10-12-14-18(4,13-11-9-7-2)16-17(19)20-15(3)21(16)5/h6-14H2,1-5H3. The molecule has 0 fully saturated rings. The molecule has 122 valence electrons. The molecule has 0 amide bonds. The average Bonchev–Trinajstić information content (AvgIpc) is 2.69. The fourth-order valence-corrected chi connectivity index (χ4v) is 4.29. The molecule has 3 heteroatoms. The monoisotopic (exact) mass is 356 g/mol. The molecule has 0 aromatic carbocycles. The summed E-state index contributed by atoms with van der Waals surface area (Å²) in [7, 11) is 2.16. The van der Waals surface area contributed by atoms with Gasteiger partial charge in [0.25, 0.3) is 0 Å². The number of unbranched alkanes of at least 4 members (excludes halogenated alkanes) is 5. The van der Waals surface area contributed by atoms with Crippen molar-refractivity contribution >= 4 is 15.9 Å². The molecule has 0 saturated carbocycles. The smallest absolute Gasteiger partial charge is 0.128 e. The molecule has 0 aliphatic rings. The lowest BCUT2D eigenvalue weighted by Crippen LogP contribution is -2.26. The molecule has 1 rings (SSSR count). The van der Waals surface area contributed by atoms with Crippen molar-refractivity contribution in [3.05, 3.63) is 16.1 Å². The van der Waals surface area contributed by atoms with E-state index in [0.717, 1.165) is 10.4 Å². The van der Waals surface area contributed by atoms with Crippen LogP contribution in [0.2, 0.25) is 0 Å². The van der Waals surface area contributed by atoms with Crippen molar-refractivity contribution in [2.75, 3.05) is 0 Å². The first-order valence-electron chi connectivity index (χ1n) is 8.65. The van der Waals surface area contributed by atoms with E-state index in [0.29, 0.717) is 0 Å². The quantitative estimate of drug-likeness (QED) is 0.449. The minimum atomic E-state index is 0.248. The molecule has 0 aliphatic carbocycles. The van der Waals surface area contributed by atoms with E-state index < -0.39 is 0 Å². The molecule has 21 heavy (non-hydrogen) atoms. The lowest BCUT2D eigenvalue weighted by Gasteiger charge is -2.31. The third-order valence-corrected chi connectivity index (χ3v) is 5.31. The highest BCUT2D eigenvalue weighted by Gasteiger charge is 2.31. The molecular weight excluding hydrogens is 324 g/mol. The minimum absolute atomic E-state index is 0.248. The lowest BCUT2D eigenvalue weighted by atomic mass is 9.77. The lowest BCUT2D eigenvalue weighted by molar-refractivity contribution is 0.346. The van der Waals surface area contributed by atoms with Crippen LogP contribution in [0.1, 0.15) is 90.1 Å². The molecule has 1 unspecified atom stereocenters. The normalized spacial score (nSPS) is 14.4. The number of nitrogens with zero attached hydrogens (tertiary/aromatic N) is 2. The van der Waals surface area contributed by atoms with Crippen molar-refractivity contribution in [2.45, 2.75) is 90.9 Å². The zero-order valence-corrected chi connectivity index (χ0v) is 16.2. The Kier molecular flexibility index (Phi) is 8.00. The summed E-state index contributed by atoms with van der Waals surface area (Å²) in [6, 6.07) is 0. The van der Waals surface area contributed by atoms with Crippen LogP contribution >= 0.6 is 15.9 Å². The topological polar surface area (TPSA) is 17.8 Å². The van der Waals surface area contributed by atoms with Gasteiger partial charge in [-0.15, -0.1) is 0 Å². The fraction of sp³-hybridized carbons (Fsp3) is 0.833. The van der Waals surface area contributed by atoms with E-state index in [2.05, 4.69) is 60.2 Å². The van der Waals surface area contributed by atoms with Crippen LogP contribution in [0.15, 0.2) is 4.60 Å². The number of imidazole rings is 1. The summed E-state index contributed by atoms with van der Waals surface area (Å²) in [5, 5.41) is 0. The average molecular weight is 357 g/mol. The van der Waals surface area contributed by atoms with Crippen LogP contribution in [-0.4, -0.2) is 9.55 Å². The molecule has 1 aromatic heterocycles. The summed E-state index contributed by atoms with van der Waals surface area (Å²) >= 11 is 3.70. The predicted molar refractivity (Wildman–Crippen MR) is 95.9 cm³/mol. The van der Waals surface area contributed by atoms with Crippen molar-refractivity contribution in [1.29, 1.82) is 0 Å². The van der Waals surface area contributed by atoms with Crippen LogP contribution in [0.5, 0.6) is 0 Å². The highest BCUT2D eigenvalue weighted by atomic mass is 79.9. The SMILES string of the molecule is CCCCCCC(C)(CCCCC)c1c(Br)nc(C)n1C. The highest BCUT2D eigenvalue weighted by molar-refractivity contribution is 9.10. The Labute approximate surface area is 139 Å². The van der Waals surface area contributed by atoms with Crippen LogP contribution in [-0.2, 0) is 12.5 Å². The Morgan fingerprint density at radius 3 is 2.00 bits per heavy atom. The summed E-state index contributed by atoms with van der Waals surface area (Å²) in [6.45, 7) is 9.10. The van der Waals surface area contributed by atoms with Crippen LogP contribution in [0.3, 0.4) is 0 Å². The zero-order chi connectivity index (χ0) is 15.9. The summed E-state index contributed by atoms with van der Waals surface area (Å²) in [5.74, 6) is 1.10. The molecule has 0 saturated heterocycles. The Morgan fingerprint density at radius 2 is 1.52 bits per heavy atom. The Balaban J connectivity index is 2.88. The minimum Gasteiger partial charge on any atom is -0.334 e.